The van der Waals surface area contributed by atoms with Crippen molar-refractivity contribution in [2.45, 2.75) is 30.7 Å². The van der Waals surface area contributed by atoms with Gasteiger partial charge in [-0.2, -0.15) is 17.5 Å². The first-order valence-electron chi connectivity index (χ1n) is 14.1. The van der Waals surface area contributed by atoms with Gasteiger partial charge in [0.2, 0.25) is 10.0 Å². The lowest BCUT2D eigenvalue weighted by molar-refractivity contribution is -0.140. The maximum Gasteiger partial charge on any atom is 0.417 e. The number of nitrogens with one attached hydrogen (secondary N) is 2. The van der Waals surface area contributed by atoms with Crippen molar-refractivity contribution in [3.63, 3.8) is 0 Å². The number of ether oxygens (including phenoxy) is 3. The Labute approximate surface area is 278 Å². The number of amidine groups is 1. The van der Waals surface area contributed by atoms with Crippen LogP contribution in [-0.4, -0.2) is 44.9 Å². The van der Waals surface area contributed by atoms with Gasteiger partial charge in [0.25, 0.3) is 0 Å². The van der Waals surface area contributed by atoms with Gasteiger partial charge in [0.05, 0.1) is 39.0 Å². The highest BCUT2D eigenvalue weighted by atomic mass is 79.9. The van der Waals surface area contributed by atoms with Crippen molar-refractivity contribution in [3.05, 3.63) is 117 Å². The Morgan fingerprint density at radius 2 is 1.23 bits per heavy atom. The zero-order valence-electron chi connectivity index (χ0n) is 25.5. The van der Waals surface area contributed by atoms with Gasteiger partial charge in [0.1, 0.15) is 22.1 Å². The molecule has 15 heteroatoms. The van der Waals surface area contributed by atoms with Crippen LogP contribution in [0.3, 0.4) is 0 Å². The summed E-state index contributed by atoms with van der Waals surface area (Å²) in [5.74, 6) is 1.65. The average Bonchev–Trinajstić information content (AvgIpc) is 3.52. The molecule has 0 amide bonds. The van der Waals surface area contributed by atoms with Crippen molar-refractivity contribution in [3.8, 4) is 17.2 Å². The van der Waals surface area contributed by atoms with Crippen LogP contribution in [0.1, 0.15) is 27.8 Å². The number of halogens is 4. The van der Waals surface area contributed by atoms with Gasteiger partial charge in [-0.15, -0.1) is 10.6 Å². The fraction of sp³-hybridized carbons (Fsp3) is 0.219. The van der Waals surface area contributed by atoms with E-state index >= 15 is 0 Å². The molecule has 0 radical (unpaired) electrons. The van der Waals surface area contributed by atoms with Gasteiger partial charge >= 0.3 is 6.18 Å². The minimum absolute atomic E-state index is 0.0637. The third-order valence-corrected chi connectivity index (χ3v) is 9.91. The van der Waals surface area contributed by atoms with E-state index in [4.69, 9.17) is 14.2 Å². The van der Waals surface area contributed by atoms with Gasteiger partial charge in [-0.05, 0) is 81.2 Å². The number of hydrazine groups is 2. The molecule has 10 nitrogen and oxygen atoms in total. The van der Waals surface area contributed by atoms with Gasteiger partial charge in [-0.3, -0.25) is 5.01 Å². The third kappa shape index (κ3) is 7.64. The second-order valence-corrected chi connectivity index (χ2v) is 13.1. The van der Waals surface area contributed by atoms with Crippen molar-refractivity contribution < 1.29 is 35.8 Å². The first-order chi connectivity index (χ1) is 22.4. The molecule has 47 heavy (non-hydrogen) atoms. The Hall–Kier alpha value is -4.31. The predicted octanol–water partition coefficient (Wildman–Crippen LogP) is 6.07. The van der Waals surface area contributed by atoms with E-state index in [1.807, 2.05) is 0 Å². The summed E-state index contributed by atoms with van der Waals surface area (Å²) in [4.78, 5) is -0.939. The molecule has 0 aliphatic carbocycles. The molecule has 5 rings (SSSR count). The average molecular weight is 735 g/mol. The number of sulfonamides is 1. The number of hydrazone groups is 1. The van der Waals surface area contributed by atoms with E-state index < -0.39 is 26.7 Å². The molecular formula is C32H31BrF3N5O5S. The van der Waals surface area contributed by atoms with E-state index in [1.54, 1.807) is 72.8 Å². The summed E-state index contributed by atoms with van der Waals surface area (Å²) >= 11 is 3.34. The van der Waals surface area contributed by atoms with E-state index in [9.17, 15) is 21.6 Å². The number of nitrogens with zero attached hydrogens (tertiary/aromatic N) is 3. The van der Waals surface area contributed by atoms with Gasteiger partial charge in [-0.25, -0.2) is 14.0 Å². The highest BCUT2D eigenvalue weighted by Gasteiger charge is 2.43. The fourth-order valence-corrected chi connectivity index (χ4v) is 7.41. The lowest BCUT2D eigenvalue weighted by Crippen LogP contribution is -2.42. The molecule has 1 heterocycles. The van der Waals surface area contributed by atoms with E-state index in [0.29, 0.717) is 28.4 Å². The summed E-state index contributed by atoms with van der Waals surface area (Å²) in [6, 6.07) is 22.2. The molecule has 1 aliphatic heterocycles. The second-order valence-electron chi connectivity index (χ2n) is 10.4. The minimum Gasteiger partial charge on any atom is -0.497 e. The van der Waals surface area contributed by atoms with Crippen molar-refractivity contribution in [1.82, 2.24) is 20.4 Å². The largest absolute Gasteiger partial charge is 0.497 e. The Morgan fingerprint density at radius 3 is 1.68 bits per heavy atom. The zero-order valence-corrected chi connectivity index (χ0v) is 27.9. The van der Waals surface area contributed by atoms with E-state index in [0.717, 1.165) is 15.9 Å². The molecule has 248 valence electrons. The molecule has 0 unspecified atom stereocenters. The van der Waals surface area contributed by atoms with Crippen LogP contribution in [0.2, 0.25) is 0 Å². The Morgan fingerprint density at radius 1 is 0.766 bits per heavy atom. The van der Waals surface area contributed by atoms with Gasteiger partial charge < -0.3 is 14.2 Å². The number of hydrogen-bond acceptors (Lipinski definition) is 9. The summed E-state index contributed by atoms with van der Waals surface area (Å²) in [5.41, 5.74) is 5.59. The monoisotopic (exact) mass is 733 g/mol. The molecule has 0 bridgehead atoms. The summed E-state index contributed by atoms with van der Waals surface area (Å²) < 4.78 is 90.5. The summed E-state index contributed by atoms with van der Waals surface area (Å²) in [7, 11) is -0.371. The molecule has 0 saturated carbocycles. The van der Waals surface area contributed by atoms with Crippen molar-refractivity contribution in [1.29, 1.82) is 0 Å². The lowest BCUT2D eigenvalue weighted by Gasteiger charge is -2.28. The lowest BCUT2D eigenvalue weighted by atomic mass is 10.1. The van der Waals surface area contributed by atoms with E-state index in [1.165, 1.54) is 32.4 Å². The Kier molecular flexibility index (Phi) is 10.3. The molecule has 0 fully saturated rings. The molecule has 2 N–H and O–H groups in total. The maximum absolute atomic E-state index is 14.8. The van der Waals surface area contributed by atoms with Crippen LogP contribution in [0, 0.1) is 0 Å². The maximum atomic E-state index is 14.8. The minimum atomic E-state index is -5.02. The number of methoxy groups -OCH3 is 3. The number of alkyl halides is 3. The zero-order chi connectivity index (χ0) is 33.8. The number of benzene rings is 4. The van der Waals surface area contributed by atoms with Crippen LogP contribution in [0.25, 0.3) is 0 Å². The quantitative estimate of drug-likeness (QED) is 0.181. The van der Waals surface area contributed by atoms with Gasteiger partial charge in [0, 0.05) is 17.6 Å². The van der Waals surface area contributed by atoms with Crippen LogP contribution in [0.4, 0.5) is 13.2 Å². The first-order valence-corrected chi connectivity index (χ1v) is 16.3. The van der Waals surface area contributed by atoms with E-state index in [2.05, 4.69) is 32.1 Å². The highest BCUT2D eigenvalue weighted by molar-refractivity contribution is 9.10. The first kappa shape index (κ1) is 34.0. The van der Waals surface area contributed by atoms with Crippen molar-refractivity contribution in [2.75, 3.05) is 21.3 Å². The predicted molar refractivity (Wildman–Crippen MR) is 173 cm³/mol. The van der Waals surface area contributed by atoms with Crippen LogP contribution in [-0.2, 0) is 35.8 Å². The molecule has 0 atom stereocenters. The molecule has 0 aromatic heterocycles. The van der Waals surface area contributed by atoms with Gasteiger partial charge in [-0.1, -0.05) is 36.4 Å². The van der Waals surface area contributed by atoms with Gasteiger partial charge in [0.15, 0.2) is 5.84 Å². The molecular weight excluding hydrogens is 703 g/mol. The van der Waals surface area contributed by atoms with Crippen LogP contribution in [0.15, 0.2) is 99.4 Å². The van der Waals surface area contributed by atoms with Crippen molar-refractivity contribution in [2.24, 2.45) is 5.10 Å². The standard InChI is InChI=1S/C32H31BrF3N5O5S/c1-44-24-10-4-21(5-11-24)18-40(19-22-6-12-25(45-2)13-7-22)47(42,43)30-27(32(34,35)36)16-17-28(33)29(30)31-37-38-39-41(31)20-23-8-14-26(46-3)15-9-23/h4-17,38-39H,18-20H2,1-3H3. The summed E-state index contributed by atoms with van der Waals surface area (Å²) in [5, 5.41) is 5.62. The Bertz CT molecular complexity index is 1790. The van der Waals surface area contributed by atoms with Crippen LogP contribution >= 0.6 is 15.9 Å². The Balaban J connectivity index is 1.64. The van der Waals surface area contributed by atoms with E-state index in [-0.39, 0.29) is 35.5 Å². The van der Waals surface area contributed by atoms with Crippen LogP contribution < -0.4 is 25.3 Å². The number of rotatable bonds is 12. The highest BCUT2D eigenvalue weighted by Crippen LogP contribution is 2.41. The number of hydrogen-bond donors (Lipinski definition) is 2. The summed E-state index contributed by atoms with van der Waals surface area (Å²) in [6.45, 7) is -0.348. The molecule has 1 aliphatic rings. The smallest absolute Gasteiger partial charge is 0.417 e. The molecule has 0 spiro atoms. The van der Waals surface area contributed by atoms with Crippen molar-refractivity contribution >= 4 is 31.8 Å². The topological polar surface area (TPSA) is 105 Å². The third-order valence-electron chi connectivity index (χ3n) is 7.37. The second kappa shape index (κ2) is 14.2. The fourth-order valence-electron chi connectivity index (χ4n) is 4.95. The normalized spacial score (nSPS) is 13.4. The summed E-state index contributed by atoms with van der Waals surface area (Å²) in [6.07, 6.45) is -5.02. The SMILES string of the molecule is COc1ccc(CN2NNN=C2c2c(Br)ccc(C(F)(F)F)c2S(=O)(=O)N(Cc2ccc(OC)cc2)Cc2ccc(OC)cc2)cc1. The molecule has 4 aromatic carbocycles. The molecule has 4 aromatic rings. The molecule has 0 saturated heterocycles. The van der Waals surface area contributed by atoms with Crippen LogP contribution in [0.5, 0.6) is 17.2 Å².